The summed E-state index contributed by atoms with van der Waals surface area (Å²) < 4.78 is 32.7. The molecule has 1 aliphatic rings. The number of hydrogen-bond donors (Lipinski definition) is 1. The van der Waals surface area contributed by atoms with Gasteiger partial charge in [-0.2, -0.15) is 4.98 Å². The van der Waals surface area contributed by atoms with Crippen molar-refractivity contribution >= 4 is 5.82 Å². The average molecular weight is 231 g/mol. The van der Waals surface area contributed by atoms with Gasteiger partial charge in [-0.15, -0.1) is 0 Å². The largest absolute Gasteiger partial charge is 0.383 e. The maximum atomic E-state index is 13.5. The number of ether oxygens (including phenoxy) is 1. The van der Waals surface area contributed by atoms with Crippen LogP contribution in [0.3, 0.4) is 0 Å². The highest BCUT2D eigenvalue weighted by Crippen LogP contribution is 2.41. The standard InChI is InChI=1S/C9H11F2N3O2/c1-5-4-9(10,11)7(16-5)14-3-2-6(12)13-8(14)15/h2-3,5,7H,4H2,1H3,(H2,12,13,15). The fourth-order valence-corrected chi connectivity index (χ4v) is 1.73. The van der Waals surface area contributed by atoms with Crippen molar-refractivity contribution in [3.8, 4) is 0 Å². The van der Waals surface area contributed by atoms with Crippen LogP contribution in [0.5, 0.6) is 0 Å². The highest BCUT2D eigenvalue weighted by Gasteiger charge is 2.50. The molecule has 2 heterocycles. The van der Waals surface area contributed by atoms with Crippen molar-refractivity contribution in [2.45, 2.75) is 31.6 Å². The van der Waals surface area contributed by atoms with Gasteiger partial charge in [-0.3, -0.25) is 4.57 Å². The Morgan fingerprint density at radius 2 is 2.38 bits per heavy atom. The van der Waals surface area contributed by atoms with Crippen LogP contribution in [0.25, 0.3) is 0 Å². The lowest BCUT2D eigenvalue weighted by Gasteiger charge is -2.19. The summed E-state index contributed by atoms with van der Waals surface area (Å²) in [6.45, 7) is 1.53. The Morgan fingerprint density at radius 1 is 1.69 bits per heavy atom. The molecule has 0 aliphatic carbocycles. The molecule has 5 nitrogen and oxygen atoms in total. The Labute approximate surface area is 89.8 Å². The zero-order valence-electron chi connectivity index (χ0n) is 8.56. The van der Waals surface area contributed by atoms with Gasteiger partial charge in [-0.05, 0) is 13.0 Å². The SMILES string of the molecule is CC1CC(F)(F)C(n2ccc(N)nc2=O)O1. The summed E-state index contributed by atoms with van der Waals surface area (Å²) in [5.74, 6) is -3.07. The Balaban J connectivity index is 2.41. The van der Waals surface area contributed by atoms with Crippen LogP contribution in [0.4, 0.5) is 14.6 Å². The van der Waals surface area contributed by atoms with Gasteiger partial charge >= 0.3 is 5.69 Å². The average Bonchev–Trinajstić information content (AvgIpc) is 2.39. The molecule has 0 bridgehead atoms. The molecule has 2 N–H and O–H groups in total. The third-order valence-electron chi connectivity index (χ3n) is 2.39. The number of nitrogens with two attached hydrogens (primary N) is 1. The number of anilines is 1. The molecule has 0 saturated carbocycles. The first-order valence-corrected chi connectivity index (χ1v) is 4.78. The molecule has 88 valence electrons. The van der Waals surface area contributed by atoms with Crippen LogP contribution in [0, 0.1) is 0 Å². The molecular weight excluding hydrogens is 220 g/mol. The van der Waals surface area contributed by atoms with E-state index in [-0.39, 0.29) is 5.82 Å². The minimum absolute atomic E-state index is 0.00406. The van der Waals surface area contributed by atoms with Gasteiger partial charge in [0.1, 0.15) is 5.82 Å². The molecule has 16 heavy (non-hydrogen) atoms. The normalized spacial score (nSPS) is 28.2. The van der Waals surface area contributed by atoms with Gasteiger partial charge in [-0.1, -0.05) is 0 Å². The van der Waals surface area contributed by atoms with E-state index in [0.29, 0.717) is 0 Å². The maximum absolute atomic E-state index is 13.5. The lowest BCUT2D eigenvalue weighted by molar-refractivity contribution is -0.115. The molecule has 2 atom stereocenters. The van der Waals surface area contributed by atoms with E-state index in [1.54, 1.807) is 0 Å². The van der Waals surface area contributed by atoms with E-state index in [1.165, 1.54) is 19.2 Å². The second kappa shape index (κ2) is 3.51. The van der Waals surface area contributed by atoms with Crippen molar-refractivity contribution < 1.29 is 13.5 Å². The lowest BCUT2D eigenvalue weighted by Crippen LogP contribution is -2.35. The summed E-state index contributed by atoms with van der Waals surface area (Å²) in [5.41, 5.74) is 4.43. The number of nitrogens with zero attached hydrogens (tertiary/aromatic N) is 2. The number of nitrogen functional groups attached to an aromatic ring is 1. The molecule has 7 heteroatoms. The van der Waals surface area contributed by atoms with Gasteiger partial charge in [0.25, 0.3) is 5.92 Å². The zero-order valence-corrected chi connectivity index (χ0v) is 8.56. The molecule has 2 rings (SSSR count). The number of hydrogen-bond acceptors (Lipinski definition) is 4. The lowest BCUT2D eigenvalue weighted by atomic mass is 10.2. The molecule has 2 unspecified atom stereocenters. The van der Waals surface area contributed by atoms with E-state index in [4.69, 9.17) is 10.5 Å². The minimum Gasteiger partial charge on any atom is -0.383 e. The van der Waals surface area contributed by atoms with E-state index in [2.05, 4.69) is 4.98 Å². The number of rotatable bonds is 1. The van der Waals surface area contributed by atoms with Crippen molar-refractivity contribution in [3.05, 3.63) is 22.7 Å². The first-order chi connectivity index (χ1) is 7.40. The van der Waals surface area contributed by atoms with Crippen LogP contribution < -0.4 is 11.4 Å². The Morgan fingerprint density at radius 3 is 2.88 bits per heavy atom. The highest BCUT2D eigenvalue weighted by molar-refractivity contribution is 5.23. The first kappa shape index (κ1) is 11.0. The van der Waals surface area contributed by atoms with Gasteiger partial charge in [0.2, 0.25) is 6.23 Å². The fourth-order valence-electron chi connectivity index (χ4n) is 1.73. The highest BCUT2D eigenvalue weighted by atomic mass is 19.3. The van der Waals surface area contributed by atoms with Crippen LogP contribution >= 0.6 is 0 Å². The van der Waals surface area contributed by atoms with Gasteiger partial charge in [0, 0.05) is 12.6 Å². The molecule has 0 radical (unpaired) electrons. The summed E-state index contributed by atoms with van der Waals surface area (Å²) >= 11 is 0. The topological polar surface area (TPSA) is 70.1 Å². The van der Waals surface area contributed by atoms with Crippen molar-refractivity contribution in [2.75, 3.05) is 5.73 Å². The molecule has 1 aromatic rings. The van der Waals surface area contributed by atoms with Crippen LogP contribution in [-0.4, -0.2) is 21.6 Å². The summed E-state index contributed by atoms with van der Waals surface area (Å²) in [6, 6.07) is 1.28. The van der Waals surface area contributed by atoms with E-state index < -0.39 is 30.4 Å². The maximum Gasteiger partial charge on any atom is 0.351 e. The van der Waals surface area contributed by atoms with E-state index in [9.17, 15) is 13.6 Å². The minimum atomic E-state index is -3.07. The number of alkyl halides is 2. The molecular formula is C9H11F2N3O2. The first-order valence-electron chi connectivity index (χ1n) is 4.78. The second-order valence-electron chi connectivity index (χ2n) is 3.81. The molecule has 1 aliphatic heterocycles. The molecule has 1 aromatic heterocycles. The van der Waals surface area contributed by atoms with Crippen molar-refractivity contribution in [3.63, 3.8) is 0 Å². The van der Waals surface area contributed by atoms with Crippen molar-refractivity contribution in [2.24, 2.45) is 0 Å². The Bertz CT molecular complexity index is 460. The summed E-state index contributed by atoms with van der Waals surface area (Å²) in [7, 11) is 0. The second-order valence-corrected chi connectivity index (χ2v) is 3.81. The van der Waals surface area contributed by atoms with Gasteiger partial charge in [-0.25, -0.2) is 13.6 Å². The summed E-state index contributed by atoms with van der Waals surface area (Å²) in [4.78, 5) is 14.8. The van der Waals surface area contributed by atoms with Crippen molar-refractivity contribution in [1.29, 1.82) is 0 Å². The monoisotopic (exact) mass is 231 g/mol. The Kier molecular flexibility index (Phi) is 2.42. The zero-order chi connectivity index (χ0) is 11.9. The molecule has 0 aromatic carbocycles. The van der Waals surface area contributed by atoms with Gasteiger partial charge in [0.15, 0.2) is 0 Å². The summed E-state index contributed by atoms with van der Waals surface area (Å²) in [5, 5.41) is 0. The van der Waals surface area contributed by atoms with E-state index >= 15 is 0 Å². The predicted molar refractivity (Wildman–Crippen MR) is 52.1 cm³/mol. The number of halogens is 2. The van der Waals surface area contributed by atoms with Crippen molar-refractivity contribution in [1.82, 2.24) is 9.55 Å². The van der Waals surface area contributed by atoms with E-state index in [1.807, 2.05) is 0 Å². The van der Waals surface area contributed by atoms with Gasteiger partial charge < -0.3 is 10.5 Å². The third kappa shape index (κ3) is 1.78. The quantitative estimate of drug-likeness (QED) is 0.774. The molecule has 0 spiro atoms. The van der Waals surface area contributed by atoms with Crippen LogP contribution in [0.2, 0.25) is 0 Å². The number of aromatic nitrogens is 2. The fraction of sp³-hybridized carbons (Fsp3) is 0.556. The Hall–Kier alpha value is -1.50. The van der Waals surface area contributed by atoms with Gasteiger partial charge in [0.05, 0.1) is 6.10 Å². The molecule has 1 fully saturated rings. The molecule has 1 saturated heterocycles. The summed E-state index contributed by atoms with van der Waals surface area (Å²) in [6.07, 6.45) is -1.43. The van der Waals surface area contributed by atoms with Crippen LogP contribution in [0.15, 0.2) is 17.1 Å². The van der Waals surface area contributed by atoms with E-state index in [0.717, 1.165) is 4.57 Å². The smallest absolute Gasteiger partial charge is 0.351 e. The molecule has 0 amide bonds. The van der Waals surface area contributed by atoms with Crippen LogP contribution in [-0.2, 0) is 4.74 Å². The van der Waals surface area contributed by atoms with Crippen LogP contribution in [0.1, 0.15) is 19.6 Å². The predicted octanol–water partition coefficient (Wildman–Crippen LogP) is 0.768. The third-order valence-corrected chi connectivity index (χ3v) is 2.39.